The highest BCUT2D eigenvalue weighted by Crippen LogP contribution is 2.38. The first-order valence-corrected chi connectivity index (χ1v) is 25.5. The van der Waals surface area contributed by atoms with E-state index in [0.29, 0.717) is 45.3 Å². The molecule has 3 aromatic carbocycles. The van der Waals surface area contributed by atoms with E-state index < -0.39 is 120 Å². The van der Waals surface area contributed by atoms with E-state index in [2.05, 4.69) is 33.2 Å². The van der Waals surface area contributed by atoms with Crippen LogP contribution < -0.4 is 37.1 Å². The van der Waals surface area contributed by atoms with Crippen molar-refractivity contribution >= 4 is 58.3 Å². The molecule has 4 aliphatic rings. The zero-order valence-corrected chi connectivity index (χ0v) is 43.3. The molecule has 1 aromatic heterocycles. The minimum atomic E-state index is -1.64. The van der Waals surface area contributed by atoms with Crippen molar-refractivity contribution in [3.63, 3.8) is 0 Å². The zero-order valence-electron chi connectivity index (χ0n) is 43.3. The van der Waals surface area contributed by atoms with E-state index in [-0.39, 0.29) is 51.9 Å². The Balaban J connectivity index is 1.28. The van der Waals surface area contributed by atoms with Gasteiger partial charge in [0, 0.05) is 62.0 Å². The number of aromatic nitrogens is 1. The second kappa shape index (κ2) is 22.6. The SMILES string of the molecule is C=CCn1cc(C2C[C@@H](C(=O)N[C@@H](Cc3ccc(OC)cc3)C(=O)N3CCC[C@@]3(C)C(N)=O)NC(=O)[C@@H]3[C@@H]4CCN3C(=O)[C@H]2NC(=O)[C@@H](NC(=O)OC(C)(C)C)Cc2cccc(c2)CNC(=O)CO4)c2cc(F)ccc21. The Kier molecular flexibility index (Phi) is 16.2. The number of fused-ring (bicyclic) bond motifs is 4. The van der Waals surface area contributed by atoms with Gasteiger partial charge in [-0.15, -0.1) is 6.58 Å². The molecule has 0 spiro atoms. The highest BCUT2D eigenvalue weighted by atomic mass is 19.1. The smallest absolute Gasteiger partial charge is 0.408 e. The molecule has 404 valence electrons. The number of ether oxygens (including phenoxy) is 3. The summed E-state index contributed by atoms with van der Waals surface area (Å²) in [6, 6.07) is 10.4. The number of nitrogens with one attached hydrogen (secondary N) is 5. The topological polar surface area (TPSA) is 262 Å². The summed E-state index contributed by atoms with van der Waals surface area (Å²) in [7, 11) is 1.50. The molecule has 8 rings (SSSR count). The van der Waals surface area contributed by atoms with Gasteiger partial charge in [0.2, 0.25) is 41.4 Å². The number of nitrogens with zero attached hydrogens (tertiary/aromatic N) is 3. The third-order valence-corrected chi connectivity index (χ3v) is 14.6. The minimum Gasteiger partial charge on any atom is -0.497 e. The van der Waals surface area contributed by atoms with Gasteiger partial charge in [0.1, 0.15) is 59.5 Å². The number of halogens is 1. The average molecular weight is 1050 g/mol. The van der Waals surface area contributed by atoms with Crippen molar-refractivity contribution in [2.75, 3.05) is 26.8 Å². The number of carbonyl (C=O) groups excluding carboxylic acids is 8. The number of benzene rings is 3. The molecule has 0 aliphatic carbocycles. The maximum atomic E-state index is 15.7. The van der Waals surface area contributed by atoms with Crippen LogP contribution >= 0.6 is 0 Å². The summed E-state index contributed by atoms with van der Waals surface area (Å²) in [5, 5.41) is 14.5. The lowest BCUT2D eigenvalue weighted by Gasteiger charge is -2.36. The van der Waals surface area contributed by atoms with Crippen LogP contribution in [-0.4, -0.2) is 136 Å². The molecule has 3 fully saturated rings. The Bertz CT molecular complexity index is 2920. The summed E-state index contributed by atoms with van der Waals surface area (Å²) < 4.78 is 34.4. The number of nitrogens with two attached hydrogens (primary N) is 1. The Labute approximate surface area is 439 Å². The summed E-state index contributed by atoms with van der Waals surface area (Å²) in [5.74, 6) is -6.56. The number of primary amides is 1. The summed E-state index contributed by atoms with van der Waals surface area (Å²) in [6.07, 6.45) is 1.41. The van der Waals surface area contributed by atoms with Crippen LogP contribution in [0, 0.1) is 5.82 Å². The molecular weight excluding hydrogens is 982 g/mol. The predicted octanol–water partition coefficient (Wildman–Crippen LogP) is 2.78. The van der Waals surface area contributed by atoms with Gasteiger partial charge in [-0.1, -0.05) is 42.5 Å². The highest BCUT2D eigenvalue weighted by molar-refractivity contribution is 6.00. The number of allylic oxidation sites excluding steroid dienone is 1. The Morgan fingerprint density at radius 2 is 1.75 bits per heavy atom. The first-order chi connectivity index (χ1) is 36.2. The van der Waals surface area contributed by atoms with Crippen molar-refractivity contribution in [3.05, 3.63) is 114 Å². The summed E-state index contributed by atoms with van der Waals surface area (Å²) in [6.45, 7) is 10.3. The molecule has 3 saturated heterocycles. The van der Waals surface area contributed by atoms with Gasteiger partial charge in [-0.05, 0) is 106 Å². The second-order valence-electron chi connectivity index (χ2n) is 21.0. The maximum Gasteiger partial charge on any atom is 0.408 e. The average Bonchev–Trinajstić information content (AvgIpc) is 4.12. The van der Waals surface area contributed by atoms with E-state index in [4.69, 9.17) is 19.9 Å². The fourth-order valence-corrected chi connectivity index (χ4v) is 10.8. The van der Waals surface area contributed by atoms with Crippen molar-refractivity contribution in [2.24, 2.45) is 5.73 Å². The number of methoxy groups -OCH3 is 1. The summed E-state index contributed by atoms with van der Waals surface area (Å²) in [4.78, 5) is 119. The predicted molar refractivity (Wildman–Crippen MR) is 275 cm³/mol. The first kappa shape index (κ1) is 54.5. The normalized spacial score (nSPS) is 24.7. The van der Waals surface area contributed by atoms with Crippen molar-refractivity contribution < 1.29 is 57.0 Å². The van der Waals surface area contributed by atoms with Crippen LogP contribution in [0.25, 0.3) is 10.9 Å². The molecule has 20 nitrogen and oxygen atoms in total. The molecule has 8 atom stereocenters. The Hall–Kier alpha value is -7.81. The molecule has 7 N–H and O–H groups in total. The fraction of sp³-hybridized carbons (Fsp3) is 0.455. The largest absolute Gasteiger partial charge is 0.497 e. The van der Waals surface area contributed by atoms with Crippen LogP contribution in [0.15, 0.2) is 85.6 Å². The lowest BCUT2D eigenvalue weighted by Crippen LogP contribution is -2.61. The van der Waals surface area contributed by atoms with E-state index in [9.17, 15) is 19.2 Å². The van der Waals surface area contributed by atoms with Gasteiger partial charge < -0.3 is 60.9 Å². The molecule has 0 saturated carbocycles. The highest BCUT2D eigenvalue weighted by Gasteiger charge is 2.51. The molecule has 5 heterocycles. The standard InChI is InChI=1S/C55H66FN9O11/c1-7-20-63-29-38(36-26-34(56)14-17-42(36)63)37-27-40(47(67)60-41(24-31-12-15-35(74-6)16-13-31)50(70)65-21-9-19-55(65,5)52(57)72)59-49(69)46-43-18-22-64(46)51(71)45(37)62-48(68)39(61-53(73)76-54(2,3)4)25-32-10-8-11-33(23-32)28-58-44(66)30-75-43/h7-8,10-17,23,26,29,37,39-41,43,45-46H,1,9,18-22,24-25,27-28,30H2,2-6H3,(H2,57,72)(H,58,66)(H,59,69)(H,60,67)(H,61,73)(H,62,68)/t37?,39-,40-,41-,43-,45-,46-,55-/m0/s1. The van der Waals surface area contributed by atoms with E-state index in [1.165, 1.54) is 29.0 Å². The van der Waals surface area contributed by atoms with Crippen LogP contribution in [0.2, 0.25) is 0 Å². The lowest BCUT2D eigenvalue weighted by molar-refractivity contribution is -0.146. The number of amides is 8. The molecule has 6 bridgehead atoms. The quantitative estimate of drug-likeness (QED) is 0.119. The van der Waals surface area contributed by atoms with Crippen molar-refractivity contribution in [3.8, 4) is 5.75 Å². The molecule has 8 amide bonds. The van der Waals surface area contributed by atoms with Gasteiger partial charge in [0.05, 0.1) is 13.2 Å². The van der Waals surface area contributed by atoms with Gasteiger partial charge >= 0.3 is 6.09 Å². The van der Waals surface area contributed by atoms with Crippen molar-refractivity contribution in [1.82, 2.24) is 41.0 Å². The van der Waals surface area contributed by atoms with Gasteiger partial charge in [-0.2, -0.15) is 0 Å². The molecule has 4 aliphatic heterocycles. The fourth-order valence-electron chi connectivity index (χ4n) is 10.8. The molecule has 0 radical (unpaired) electrons. The van der Waals surface area contributed by atoms with E-state index in [1.807, 2.05) is 0 Å². The first-order valence-electron chi connectivity index (χ1n) is 25.5. The second-order valence-corrected chi connectivity index (χ2v) is 21.0. The van der Waals surface area contributed by atoms with Crippen LogP contribution in [0.5, 0.6) is 5.75 Å². The van der Waals surface area contributed by atoms with Crippen LogP contribution in [0.1, 0.15) is 81.5 Å². The van der Waals surface area contributed by atoms with Crippen molar-refractivity contribution in [1.29, 1.82) is 0 Å². The van der Waals surface area contributed by atoms with Crippen LogP contribution in [0.3, 0.4) is 0 Å². The van der Waals surface area contributed by atoms with E-state index in [0.717, 1.165) is 0 Å². The van der Waals surface area contributed by atoms with Crippen LogP contribution in [-0.2, 0) is 69.0 Å². The lowest BCUT2D eigenvalue weighted by atomic mass is 9.84. The third kappa shape index (κ3) is 12.0. The molecule has 21 heteroatoms. The number of rotatable bonds is 11. The summed E-state index contributed by atoms with van der Waals surface area (Å²) >= 11 is 0. The number of alkyl carbamates (subject to hydrolysis) is 1. The van der Waals surface area contributed by atoms with E-state index in [1.54, 1.807) is 99.1 Å². The minimum absolute atomic E-state index is 0.0565. The van der Waals surface area contributed by atoms with Crippen LogP contribution in [0.4, 0.5) is 9.18 Å². The molecule has 1 unspecified atom stereocenters. The van der Waals surface area contributed by atoms with Gasteiger partial charge in [-0.3, -0.25) is 33.6 Å². The van der Waals surface area contributed by atoms with Gasteiger partial charge in [0.15, 0.2) is 0 Å². The van der Waals surface area contributed by atoms with E-state index >= 15 is 23.6 Å². The number of hydrogen-bond acceptors (Lipinski definition) is 11. The molecule has 76 heavy (non-hydrogen) atoms. The zero-order chi connectivity index (χ0) is 54.6. The Morgan fingerprint density at radius 3 is 2.46 bits per heavy atom. The number of carbonyl (C=O) groups is 8. The van der Waals surface area contributed by atoms with Gasteiger partial charge in [0.25, 0.3) is 0 Å². The summed E-state index contributed by atoms with van der Waals surface area (Å²) in [5.41, 5.74) is 6.21. The molecular formula is C55H66FN9O11. The number of hydrogen-bond donors (Lipinski definition) is 6. The number of likely N-dealkylation sites (tertiary alicyclic amines) is 1. The monoisotopic (exact) mass is 1050 g/mol. The maximum absolute atomic E-state index is 15.7. The van der Waals surface area contributed by atoms with Gasteiger partial charge in [-0.25, -0.2) is 9.18 Å². The Morgan fingerprint density at radius 1 is 1.00 bits per heavy atom. The van der Waals surface area contributed by atoms with Crippen molar-refractivity contribution in [2.45, 2.75) is 133 Å². The molecule has 4 aromatic rings. The third-order valence-electron chi connectivity index (χ3n) is 14.6.